The van der Waals surface area contributed by atoms with Crippen molar-refractivity contribution < 1.29 is 67.5 Å². The molecule has 0 unspecified atom stereocenters. The van der Waals surface area contributed by atoms with Gasteiger partial charge in [0.1, 0.15) is 25.3 Å². The lowest BCUT2D eigenvalue weighted by Crippen LogP contribution is -2.45. The van der Waals surface area contributed by atoms with Gasteiger partial charge in [-0.2, -0.15) is 0 Å². The Morgan fingerprint density at radius 3 is 1.46 bits per heavy atom. The summed E-state index contributed by atoms with van der Waals surface area (Å²) in [6.07, 6.45) is 22.9. The number of rotatable bonds is 47. The van der Waals surface area contributed by atoms with Crippen molar-refractivity contribution in [1.82, 2.24) is 26.6 Å². The second-order valence-corrected chi connectivity index (χ2v) is 19.8. The molecule has 1 rings (SSSR count). The second kappa shape index (κ2) is 44.1. The van der Waals surface area contributed by atoms with E-state index in [1.54, 1.807) is 22.6 Å². The van der Waals surface area contributed by atoms with Crippen molar-refractivity contribution in [3.8, 4) is 0 Å². The lowest BCUT2D eigenvalue weighted by Gasteiger charge is -2.28. The number of hydrogen-bond acceptors (Lipinski definition) is 12. The standard InChI is InChI=1S/C51H90IN5O14/c1-3-39(2)48(49(52)64)57-46(61)38-71-35-33-69-31-29-54-45(60)37-70-34-32-68-30-28-53-44(59)27-26-42(51(66)67)56-50(65)41-24-22-40(23-25-41)36-55-43(58)20-18-16-14-12-10-8-6-4-5-7-9-11-13-15-17-19-21-47(62)63/h39-42,48H,3-38H2,1-2H3,(H,53,59)(H,54,60)(H,55,58)(H,56,65)(H,57,61)(H,62,63)(H,66,67)/t39-,40?,41?,42-,48-/m0/s1. The number of unbranched alkanes of at least 4 members (excludes halogenated alkanes) is 15. The molecule has 0 spiro atoms. The number of amides is 5. The van der Waals surface area contributed by atoms with Gasteiger partial charge in [-0.3, -0.25) is 33.6 Å². The molecule has 7 N–H and O–H groups in total. The van der Waals surface area contributed by atoms with Gasteiger partial charge in [-0.25, -0.2) is 4.79 Å². The highest BCUT2D eigenvalue weighted by atomic mass is 127. The summed E-state index contributed by atoms with van der Waals surface area (Å²) in [5.74, 6) is -3.24. The number of hydrogen-bond donors (Lipinski definition) is 7. The zero-order chi connectivity index (χ0) is 52.3. The predicted molar refractivity (Wildman–Crippen MR) is 278 cm³/mol. The van der Waals surface area contributed by atoms with Gasteiger partial charge in [-0.1, -0.05) is 110 Å². The molecule has 1 saturated carbocycles. The van der Waals surface area contributed by atoms with E-state index in [1.807, 2.05) is 13.8 Å². The van der Waals surface area contributed by atoms with Crippen molar-refractivity contribution in [2.75, 3.05) is 72.5 Å². The van der Waals surface area contributed by atoms with Crippen LogP contribution >= 0.6 is 22.6 Å². The van der Waals surface area contributed by atoms with E-state index in [-0.39, 0.29) is 130 Å². The van der Waals surface area contributed by atoms with Crippen LogP contribution in [-0.2, 0) is 57.3 Å². The second-order valence-electron chi connectivity index (χ2n) is 18.8. The maximum atomic E-state index is 13.0. The zero-order valence-corrected chi connectivity index (χ0v) is 45.2. The molecule has 19 nitrogen and oxygen atoms in total. The SMILES string of the molecule is CC[C@H](C)[C@H](NC(=O)COCCOCCNC(=O)COCCOCCNC(=O)CC[C@H](NC(=O)C1CCC(CNC(=O)CCCCCCCCCCCCCCCCCCC(=O)O)CC1)C(=O)O)C(=O)I. The number of halogens is 1. The molecule has 20 heteroatoms. The summed E-state index contributed by atoms with van der Waals surface area (Å²) >= 11 is 1.68. The Kier molecular flexibility index (Phi) is 40.7. The van der Waals surface area contributed by atoms with Crippen LogP contribution in [0.1, 0.15) is 174 Å². The molecule has 0 aliphatic heterocycles. The van der Waals surface area contributed by atoms with Gasteiger partial charge in [0.25, 0.3) is 0 Å². The fourth-order valence-electron chi connectivity index (χ4n) is 8.14. The number of ether oxygens (including phenoxy) is 4. The highest BCUT2D eigenvalue weighted by Crippen LogP contribution is 2.29. The molecule has 1 aliphatic carbocycles. The first kappa shape index (κ1) is 65.5. The first-order valence-corrected chi connectivity index (χ1v) is 27.7. The maximum Gasteiger partial charge on any atom is 0.326 e. The molecule has 0 aromatic heterocycles. The lowest BCUT2D eigenvalue weighted by atomic mass is 9.81. The molecular formula is C51H90IN5O14. The molecule has 0 aromatic rings. The topological polar surface area (TPSA) is 274 Å². The van der Waals surface area contributed by atoms with Crippen molar-refractivity contribution >= 4 is 67.9 Å². The van der Waals surface area contributed by atoms with Gasteiger partial charge < -0.3 is 55.7 Å². The Morgan fingerprint density at radius 1 is 0.535 bits per heavy atom. The molecule has 0 saturated heterocycles. The number of carbonyl (C=O) groups is 8. The van der Waals surface area contributed by atoms with Crippen molar-refractivity contribution in [2.24, 2.45) is 17.8 Å². The quantitative estimate of drug-likeness (QED) is 0.0205. The van der Waals surface area contributed by atoms with E-state index < -0.39 is 24.0 Å². The van der Waals surface area contributed by atoms with Crippen molar-refractivity contribution in [3.05, 3.63) is 0 Å². The number of aliphatic carboxylic acids is 2. The minimum absolute atomic E-state index is 0.0216. The van der Waals surface area contributed by atoms with Crippen molar-refractivity contribution in [2.45, 2.75) is 186 Å². The minimum Gasteiger partial charge on any atom is -0.481 e. The number of nitrogens with one attached hydrogen (secondary N) is 5. The Hall–Kier alpha value is -3.47. The van der Waals surface area contributed by atoms with Crippen LogP contribution in [0.5, 0.6) is 0 Å². The molecule has 1 fully saturated rings. The third-order valence-corrected chi connectivity index (χ3v) is 13.4. The van der Waals surface area contributed by atoms with Gasteiger partial charge in [-0.15, -0.1) is 0 Å². The van der Waals surface area contributed by atoms with E-state index >= 15 is 0 Å². The molecule has 0 aromatic carbocycles. The van der Waals surface area contributed by atoms with Gasteiger partial charge in [0, 0.05) is 67.4 Å². The van der Waals surface area contributed by atoms with E-state index in [9.17, 15) is 43.5 Å². The van der Waals surface area contributed by atoms with E-state index in [0.717, 1.165) is 57.8 Å². The first-order chi connectivity index (χ1) is 34.2. The van der Waals surface area contributed by atoms with Gasteiger partial charge in [0.05, 0.1) is 39.6 Å². The van der Waals surface area contributed by atoms with Gasteiger partial charge in [-0.05, 0) is 56.8 Å². The Morgan fingerprint density at radius 2 is 0.986 bits per heavy atom. The largest absolute Gasteiger partial charge is 0.481 e. The van der Waals surface area contributed by atoms with Crippen LogP contribution in [0.15, 0.2) is 0 Å². The van der Waals surface area contributed by atoms with E-state index in [2.05, 4.69) is 26.6 Å². The van der Waals surface area contributed by atoms with Crippen LogP contribution in [0.2, 0.25) is 0 Å². The van der Waals surface area contributed by atoms with Gasteiger partial charge in [0.2, 0.25) is 33.3 Å². The zero-order valence-electron chi connectivity index (χ0n) is 43.0. The molecule has 410 valence electrons. The highest BCUT2D eigenvalue weighted by Gasteiger charge is 2.30. The number of carbonyl (C=O) groups excluding carboxylic acids is 6. The monoisotopic (exact) mass is 1120 g/mol. The van der Waals surface area contributed by atoms with E-state index in [1.165, 1.54) is 64.2 Å². The molecule has 0 radical (unpaired) electrons. The molecular weight excluding hydrogens is 1030 g/mol. The molecule has 0 bridgehead atoms. The minimum atomic E-state index is -1.20. The lowest BCUT2D eigenvalue weighted by molar-refractivity contribution is -0.143. The molecule has 5 amide bonds. The molecule has 0 heterocycles. The predicted octanol–water partition coefficient (Wildman–Crippen LogP) is 6.16. The Labute approximate surface area is 436 Å². The summed E-state index contributed by atoms with van der Waals surface area (Å²) in [5.41, 5.74) is 0. The van der Waals surface area contributed by atoms with Crippen LogP contribution in [-0.4, -0.2) is 140 Å². The van der Waals surface area contributed by atoms with E-state index in [0.29, 0.717) is 32.2 Å². The molecule has 3 atom stereocenters. The first-order valence-electron chi connectivity index (χ1n) is 26.6. The van der Waals surface area contributed by atoms with Crippen LogP contribution in [0.25, 0.3) is 0 Å². The summed E-state index contributed by atoms with van der Waals surface area (Å²) < 4.78 is 21.3. The van der Waals surface area contributed by atoms with Crippen LogP contribution in [0.4, 0.5) is 0 Å². The van der Waals surface area contributed by atoms with Crippen LogP contribution < -0.4 is 26.6 Å². The average molecular weight is 1120 g/mol. The molecule has 71 heavy (non-hydrogen) atoms. The van der Waals surface area contributed by atoms with Crippen LogP contribution in [0, 0.1) is 17.8 Å². The maximum absolute atomic E-state index is 13.0. The smallest absolute Gasteiger partial charge is 0.326 e. The van der Waals surface area contributed by atoms with Crippen LogP contribution in [0.3, 0.4) is 0 Å². The Balaban J connectivity index is 2.00. The average Bonchev–Trinajstić information content (AvgIpc) is 3.34. The fraction of sp³-hybridized carbons (Fsp3) is 0.843. The van der Waals surface area contributed by atoms with E-state index in [4.69, 9.17) is 24.1 Å². The normalized spacial score (nSPS) is 15.8. The third-order valence-electron chi connectivity index (χ3n) is 12.7. The highest BCUT2D eigenvalue weighted by molar-refractivity contribution is 14.1. The summed E-state index contributed by atoms with van der Waals surface area (Å²) in [5, 5.41) is 32.1. The third kappa shape index (κ3) is 37.9. The number of carboxylic acids is 2. The summed E-state index contributed by atoms with van der Waals surface area (Å²) in [6, 6.07) is -1.74. The van der Waals surface area contributed by atoms with Gasteiger partial charge >= 0.3 is 11.9 Å². The summed E-state index contributed by atoms with van der Waals surface area (Å²) in [6.45, 7) is 5.67. The number of carboxylic acid groups (broad SMARTS) is 2. The van der Waals surface area contributed by atoms with Crippen molar-refractivity contribution in [3.63, 3.8) is 0 Å². The Bertz CT molecular complexity index is 1500. The summed E-state index contributed by atoms with van der Waals surface area (Å²) in [4.78, 5) is 96.0. The molecule has 1 aliphatic rings. The van der Waals surface area contributed by atoms with Gasteiger partial charge in [0.15, 0.2) is 0 Å². The fourth-order valence-corrected chi connectivity index (χ4v) is 8.91. The van der Waals surface area contributed by atoms with Crippen molar-refractivity contribution in [1.29, 1.82) is 0 Å². The summed E-state index contributed by atoms with van der Waals surface area (Å²) in [7, 11) is 0.